The molecule has 1 N–H and O–H groups in total. The molecule has 0 bridgehead atoms. The maximum Gasteiger partial charge on any atom is 0.119 e. The van der Waals surface area contributed by atoms with Crippen LogP contribution in [0.25, 0.3) is 0 Å². The Labute approximate surface area is 130 Å². The summed E-state index contributed by atoms with van der Waals surface area (Å²) in [7, 11) is 0. The van der Waals surface area contributed by atoms with Crippen molar-refractivity contribution in [3.8, 4) is 5.75 Å². The smallest absolute Gasteiger partial charge is 0.119 e. The lowest BCUT2D eigenvalue weighted by Crippen LogP contribution is -2.35. The normalized spacial score (nSPS) is 17.9. The summed E-state index contributed by atoms with van der Waals surface area (Å²) >= 11 is 0. The maximum absolute atomic E-state index is 6.01. The van der Waals surface area contributed by atoms with Gasteiger partial charge in [0.2, 0.25) is 0 Å². The molecule has 0 spiro atoms. The molecule has 0 aliphatic heterocycles. The van der Waals surface area contributed by atoms with Crippen LogP contribution in [0.1, 0.15) is 65.4 Å². The first-order chi connectivity index (χ1) is 10.0. The van der Waals surface area contributed by atoms with Gasteiger partial charge in [-0.1, -0.05) is 45.7 Å². The quantitative estimate of drug-likeness (QED) is 0.787. The van der Waals surface area contributed by atoms with Gasteiger partial charge < -0.3 is 10.1 Å². The molecule has 1 saturated carbocycles. The van der Waals surface area contributed by atoms with Crippen molar-refractivity contribution in [2.45, 2.75) is 77.4 Å². The molecule has 2 nitrogen and oxygen atoms in total. The van der Waals surface area contributed by atoms with Crippen molar-refractivity contribution in [2.24, 2.45) is 0 Å². The second-order valence-electron chi connectivity index (χ2n) is 7.08. The summed E-state index contributed by atoms with van der Waals surface area (Å²) in [5, 5.41) is 3.62. The van der Waals surface area contributed by atoms with Gasteiger partial charge in [0, 0.05) is 12.6 Å². The Bertz CT molecular complexity index is 418. The zero-order valence-corrected chi connectivity index (χ0v) is 14.1. The van der Waals surface area contributed by atoms with Gasteiger partial charge in [0.25, 0.3) is 0 Å². The van der Waals surface area contributed by atoms with Crippen LogP contribution in [-0.2, 0) is 5.41 Å². The van der Waals surface area contributed by atoms with Crippen LogP contribution in [0.4, 0.5) is 0 Å². The number of ether oxygens (including phenoxy) is 1. The first kappa shape index (κ1) is 16.4. The summed E-state index contributed by atoms with van der Waals surface area (Å²) in [6.45, 7) is 9.90. The predicted molar refractivity (Wildman–Crippen MR) is 90.1 cm³/mol. The van der Waals surface area contributed by atoms with Crippen LogP contribution in [0, 0.1) is 0 Å². The van der Waals surface area contributed by atoms with Gasteiger partial charge in [-0.15, -0.1) is 0 Å². The van der Waals surface area contributed by atoms with Crippen LogP contribution in [-0.4, -0.2) is 18.7 Å². The minimum Gasteiger partial charge on any atom is -0.489 e. The standard InChI is InChI=1S/C19H31NO/c1-5-19(3,4)16-10-12-18(13-11-16)21-15(2)14-20-17-8-6-7-9-17/h10-13,15,17,20H,5-9,14H2,1-4H3. The fourth-order valence-electron chi connectivity index (χ4n) is 2.93. The molecule has 2 rings (SSSR count). The lowest BCUT2D eigenvalue weighted by atomic mass is 9.82. The molecule has 0 radical (unpaired) electrons. The Morgan fingerprint density at radius 1 is 1.19 bits per heavy atom. The van der Waals surface area contributed by atoms with Gasteiger partial charge in [0.1, 0.15) is 11.9 Å². The number of nitrogens with one attached hydrogen (secondary N) is 1. The first-order valence-electron chi connectivity index (χ1n) is 8.52. The van der Waals surface area contributed by atoms with Gasteiger partial charge in [0.15, 0.2) is 0 Å². The lowest BCUT2D eigenvalue weighted by molar-refractivity contribution is 0.211. The van der Waals surface area contributed by atoms with Gasteiger partial charge in [-0.25, -0.2) is 0 Å². The van der Waals surface area contributed by atoms with Gasteiger partial charge in [-0.3, -0.25) is 0 Å². The highest BCUT2D eigenvalue weighted by Crippen LogP contribution is 2.28. The van der Waals surface area contributed by atoms with E-state index in [4.69, 9.17) is 4.74 Å². The van der Waals surface area contributed by atoms with E-state index in [0.29, 0.717) is 6.04 Å². The summed E-state index contributed by atoms with van der Waals surface area (Å²) in [5.41, 5.74) is 1.63. The zero-order chi connectivity index (χ0) is 15.3. The van der Waals surface area contributed by atoms with E-state index in [2.05, 4.69) is 57.3 Å². The summed E-state index contributed by atoms with van der Waals surface area (Å²) in [5.74, 6) is 0.978. The fourth-order valence-corrected chi connectivity index (χ4v) is 2.93. The van der Waals surface area contributed by atoms with Crippen molar-refractivity contribution in [2.75, 3.05) is 6.54 Å². The van der Waals surface area contributed by atoms with Gasteiger partial charge in [-0.2, -0.15) is 0 Å². The Kier molecular flexibility index (Phi) is 5.69. The Hall–Kier alpha value is -1.02. The Morgan fingerprint density at radius 2 is 1.81 bits per heavy atom. The van der Waals surface area contributed by atoms with E-state index in [1.807, 2.05) is 0 Å². The predicted octanol–water partition coefficient (Wildman–Crippen LogP) is 4.67. The topological polar surface area (TPSA) is 21.3 Å². The van der Waals surface area contributed by atoms with E-state index in [-0.39, 0.29) is 11.5 Å². The molecular formula is C19H31NO. The highest BCUT2D eigenvalue weighted by atomic mass is 16.5. The molecule has 0 heterocycles. The number of hydrogen-bond donors (Lipinski definition) is 1. The zero-order valence-electron chi connectivity index (χ0n) is 14.1. The van der Waals surface area contributed by atoms with Crippen LogP contribution in [0.2, 0.25) is 0 Å². The highest BCUT2D eigenvalue weighted by molar-refractivity contribution is 5.31. The van der Waals surface area contributed by atoms with Gasteiger partial charge in [-0.05, 0) is 49.3 Å². The van der Waals surface area contributed by atoms with E-state index in [1.165, 1.54) is 31.2 Å². The minimum absolute atomic E-state index is 0.218. The summed E-state index contributed by atoms with van der Waals surface area (Å²) in [4.78, 5) is 0. The molecule has 1 aromatic rings. The second-order valence-corrected chi connectivity index (χ2v) is 7.08. The average molecular weight is 289 g/mol. The van der Waals surface area contributed by atoms with Crippen molar-refractivity contribution in [3.05, 3.63) is 29.8 Å². The first-order valence-corrected chi connectivity index (χ1v) is 8.52. The van der Waals surface area contributed by atoms with E-state index in [1.54, 1.807) is 0 Å². The minimum atomic E-state index is 0.218. The average Bonchev–Trinajstić information content (AvgIpc) is 2.99. The molecule has 1 unspecified atom stereocenters. The third kappa shape index (κ3) is 4.74. The fraction of sp³-hybridized carbons (Fsp3) is 0.684. The van der Waals surface area contributed by atoms with E-state index < -0.39 is 0 Å². The lowest BCUT2D eigenvalue weighted by Gasteiger charge is -2.24. The molecule has 118 valence electrons. The Balaban J connectivity index is 1.82. The van der Waals surface area contributed by atoms with Crippen LogP contribution >= 0.6 is 0 Å². The molecule has 1 aromatic carbocycles. The van der Waals surface area contributed by atoms with Gasteiger partial charge >= 0.3 is 0 Å². The van der Waals surface area contributed by atoms with Crippen LogP contribution in [0.3, 0.4) is 0 Å². The van der Waals surface area contributed by atoms with E-state index >= 15 is 0 Å². The molecule has 1 aliphatic carbocycles. The third-order valence-electron chi connectivity index (χ3n) is 4.91. The van der Waals surface area contributed by atoms with Crippen molar-refractivity contribution >= 4 is 0 Å². The molecular weight excluding hydrogens is 258 g/mol. The number of rotatable bonds is 7. The summed E-state index contributed by atoms with van der Waals surface area (Å²) in [6, 6.07) is 9.34. The molecule has 1 aliphatic rings. The molecule has 0 amide bonds. The Morgan fingerprint density at radius 3 is 2.38 bits per heavy atom. The SMILES string of the molecule is CCC(C)(C)c1ccc(OC(C)CNC2CCCC2)cc1. The monoisotopic (exact) mass is 289 g/mol. The number of hydrogen-bond acceptors (Lipinski definition) is 2. The third-order valence-corrected chi connectivity index (χ3v) is 4.91. The maximum atomic E-state index is 6.01. The molecule has 2 heteroatoms. The number of benzene rings is 1. The second kappa shape index (κ2) is 7.31. The van der Waals surface area contributed by atoms with E-state index in [0.717, 1.165) is 18.7 Å². The van der Waals surface area contributed by atoms with Crippen molar-refractivity contribution in [1.29, 1.82) is 0 Å². The van der Waals surface area contributed by atoms with Crippen molar-refractivity contribution < 1.29 is 4.74 Å². The summed E-state index contributed by atoms with van der Waals surface area (Å²) in [6.07, 6.45) is 6.77. The summed E-state index contributed by atoms with van der Waals surface area (Å²) < 4.78 is 6.01. The van der Waals surface area contributed by atoms with Crippen LogP contribution in [0.15, 0.2) is 24.3 Å². The van der Waals surface area contributed by atoms with Crippen LogP contribution in [0.5, 0.6) is 5.75 Å². The van der Waals surface area contributed by atoms with Crippen molar-refractivity contribution in [3.63, 3.8) is 0 Å². The largest absolute Gasteiger partial charge is 0.489 e. The molecule has 0 aromatic heterocycles. The van der Waals surface area contributed by atoms with E-state index in [9.17, 15) is 0 Å². The van der Waals surface area contributed by atoms with Crippen molar-refractivity contribution in [1.82, 2.24) is 5.32 Å². The molecule has 0 saturated heterocycles. The molecule has 21 heavy (non-hydrogen) atoms. The highest BCUT2D eigenvalue weighted by Gasteiger charge is 2.18. The molecule has 1 atom stereocenters. The molecule has 1 fully saturated rings. The van der Waals surface area contributed by atoms with Gasteiger partial charge in [0.05, 0.1) is 0 Å². The van der Waals surface area contributed by atoms with Crippen LogP contribution < -0.4 is 10.1 Å².